The summed E-state index contributed by atoms with van der Waals surface area (Å²) in [5, 5.41) is 0. The van der Waals surface area contributed by atoms with Crippen LogP contribution >= 0.6 is 50.3 Å². The molecule has 0 unspecified atom stereocenters. The van der Waals surface area contributed by atoms with E-state index < -0.39 is 11.7 Å². The minimum atomic E-state index is -4.35. The van der Waals surface area contributed by atoms with E-state index >= 15 is 0 Å². The maximum absolute atomic E-state index is 13.0. The van der Waals surface area contributed by atoms with E-state index in [9.17, 15) is 13.2 Å². The SMILES string of the molecule is FC(F)(F)c1cc(Br)ccc1Sc1ccc(I)cc1. The van der Waals surface area contributed by atoms with Gasteiger partial charge in [-0.25, -0.2) is 0 Å². The molecule has 0 N–H and O–H groups in total. The lowest BCUT2D eigenvalue weighted by atomic mass is 10.2. The van der Waals surface area contributed by atoms with Crippen molar-refractivity contribution in [1.29, 1.82) is 0 Å². The van der Waals surface area contributed by atoms with Gasteiger partial charge in [-0.3, -0.25) is 0 Å². The molecule has 2 aromatic carbocycles. The van der Waals surface area contributed by atoms with Crippen LogP contribution in [-0.2, 0) is 6.18 Å². The summed E-state index contributed by atoms with van der Waals surface area (Å²) in [6.45, 7) is 0. The largest absolute Gasteiger partial charge is 0.417 e. The van der Waals surface area contributed by atoms with E-state index in [1.165, 1.54) is 6.07 Å². The summed E-state index contributed by atoms with van der Waals surface area (Å²) in [4.78, 5) is 0.991. The second-order valence-electron chi connectivity index (χ2n) is 3.69. The third-order valence-corrected chi connectivity index (χ3v) is 4.58. The summed E-state index contributed by atoms with van der Waals surface area (Å²) >= 11 is 6.34. The lowest BCUT2D eigenvalue weighted by molar-refractivity contribution is -0.139. The summed E-state index contributed by atoms with van der Waals surface area (Å²) in [7, 11) is 0. The van der Waals surface area contributed by atoms with Crippen LogP contribution in [0.5, 0.6) is 0 Å². The molecular weight excluding hydrogens is 452 g/mol. The van der Waals surface area contributed by atoms with Crippen LogP contribution in [-0.4, -0.2) is 0 Å². The minimum Gasteiger partial charge on any atom is -0.166 e. The van der Waals surface area contributed by atoms with Gasteiger partial charge in [0, 0.05) is 17.8 Å². The maximum Gasteiger partial charge on any atom is 0.417 e. The predicted molar refractivity (Wildman–Crippen MR) is 82.4 cm³/mol. The maximum atomic E-state index is 13.0. The molecule has 0 saturated carbocycles. The average molecular weight is 459 g/mol. The smallest absolute Gasteiger partial charge is 0.166 e. The van der Waals surface area contributed by atoms with Crippen LogP contribution in [0.1, 0.15) is 5.56 Å². The second kappa shape index (κ2) is 6.05. The zero-order valence-corrected chi connectivity index (χ0v) is 13.9. The van der Waals surface area contributed by atoms with Crippen LogP contribution in [0.3, 0.4) is 0 Å². The zero-order chi connectivity index (χ0) is 14.0. The molecule has 0 heterocycles. The Labute approximate surface area is 135 Å². The molecule has 0 spiro atoms. The van der Waals surface area contributed by atoms with Gasteiger partial charge in [0.15, 0.2) is 0 Å². The molecule has 0 radical (unpaired) electrons. The molecule has 19 heavy (non-hydrogen) atoms. The molecule has 0 amide bonds. The van der Waals surface area contributed by atoms with Gasteiger partial charge in [0.25, 0.3) is 0 Å². The molecule has 2 aromatic rings. The molecule has 0 bridgehead atoms. The van der Waals surface area contributed by atoms with Gasteiger partial charge in [-0.05, 0) is 65.1 Å². The normalized spacial score (nSPS) is 11.6. The summed E-state index contributed by atoms with van der Waals surface area (Å²) < 4.78 is 40.4. The van der Waals surface area contributed by atoms with Gasteiger partial charge in [0.05, 0.1) is 5.56 Å². The Balaban J connectivity index is 2.37. The number of hydrogen-bond acceptors (Lipinski definition) is 1. The Kier molecular flexibility index (Phi) is 4.84. The Hall–Kier alpha value is -0.210. The number of halogens is 5. The lowest BCUT2D eigenvalue weighted by Crippen LogP contribution is -2.06. The van der Waals surface area contributed by atoms with Crippen molar-refractivity contribution in [3.63, 3.8) is 0 Å². The van der Waals surface area contributed by atoms with Crippen LogP contribution in [0, 0.1) is 3.57 Å². The number of alkyl halides is 3. The first kappa shape index (κ1) is 15.2. The van der Waals surface area contributed by atoms with Crippen molar-refractivity contribution in [3.05, 3.63) is 56.1 Å². The Morgan fingerprint density at radius 3 is 2.21 bits per heavy atom. The highest BCUT2D eigenvalue weighted by atomic mass is 127. The predicted octanol–water partition coefficient (Wildman–Crippen LogP) is 6.22. The van der Waals surface area contributed by atoms with E-state index in [0.29, 0.717) is 4.47 Å². The van der Waals surface area contributed by atoms with E-state index in [4.69, 9.17) is 0 Å². The van der Waals surface area contributed by atoms with Gasteiger partial charge >= 0.3 is 6.18 Å². The van der Waals surface area contributed by atoms with E-state index in [0.717, 1.165) is 26.3 Å². The highest BCUT2D eigenvalue weighted by molar-refractivity contribution is 14.1. The van der Waals surface area contributed by atoms with Gasteiger partial charge in [-0.1, -0.05) is 27.7 Å². The lowest BCUT2D eigenvalue weighted by Gasteiger charge is -2.12. The molecule has 0 aliphatic heterocycles. The van der Waals surface area contributed by atoms with Crippen molar-refractivity contribution in [1.82, 2.24) is 0 Å². The fraction of sp³-hybridized carbons (Fsp3) is 0.0769. The topological polar surface area (TPSA) is 0 Å². The van der Waals surface area contributed by atoms with Gasteiger partial charge in [-0.15, -0.1) is 0 Å². The Morgan fingerprint density at radius 2 is 1.63 bits per heavy atom. The van der Waals surface area contributed by atoms with Crippen LogP contribution < -0.4 is 0 Å². The molecule has 0 fully saturated rings. The van der Waals surface area contributed by atoms with Gasteiger partial charge in [-0.2, -0.15) is 13.2 Å². The monoisotopic (exact) mass is 458 g/mol. The zero-order valence-electron chi connectivity index (χ0n) is 9.34. The first-order chi connectivity index (χ1) is 8.86. The van der Waals surface area contributed by atoms with Crippen molar-refractivity contribution in [2.45, 2.75) is 16.0 Å². The van der Waals surface area contributed by atoms with Gasteiger partial charge in [0.1, 0.15) is 0 Å². The molecule has 0 aromatic heterocycles. The summed E-state index contributed by atoms with van der Waals surface area (Å²) in [5.74, 6) is 0. The fourth-order valence-corrected chi connectivity index (χ4v) is 3.11. The van der Waals surface area contributed by atoms with E-state index in [1.54, 1.807) is 6.07 Å². The van der Waals surface area contributed by atoms with E-state index in [1.807, 2.05) is 24.3 Å². The quantitative estimate of drug-likeness (QED) is 0.481. The molecule has 0 atom stereocenters. The van der Waals surface area contributed by atoms with Gasteiger partial charge in [0.2, 0.25) is 0 Å². The van der Waals surface area contributed by atoms with Crippen molar-refractivity contribution < 1.29 is 13.2 Å². The summed E-state index contributed by atoms with van der Waals surface area (Å²) in [6, 6.07) is 11.6. The molecule has 0 saturated heterocycles. The molecule has 0 aliphatic carbocycles. The molecule has 0 nitrogen and oxygen atoms in total. The second-order valence-corrected chi connectivity index (χ2v) is 6.97. The Morgan fingerprint density at radius 1 is 1.00 bits per heavy atom. The van der Waals surface area contributed by atoms with E-state index in [2.05, 4.69) is 38.5 Å². The standard InChI is InChI=1S/C13H7BrF3IS/c14-8-1-6-12(11(7-8)13(15,16)17)19-10-4-2-9(18)3-5-10/h1-7H. The Bertz CT molecular complexity index is 581. The molecule has 6 heteroatoms. The van der Waals surface area contributed by atoms with Crippen molar-refractivity contribution >= 4 is 50.3 Å². The minimum absolute atomic E-state index is 0.205. The average Bonchev–Trinajstić information content (AvgIpc) is 2.33. The molecule has 0 aliphatic rings. The molecular formula is C13H7BrF3IS. The van der Waals surface area contributed by atoms with Crippen LogP contribution in [0.2, 0.25) is 0 Å². The molecule has 2 rings (SSSR count). The molecule has 100 valence electrons. The van der Waals surface area contributed by atoms with E-state index in [-0.39, 0.29) is 4.90 Å². The fourth-order valence-electron chi connectivity index (χ4n) is 1.44. The first-order valence-corrected chi connectivity index (χ1v) is 7.85. The highest BCUT2D eigenvalue weighted by Crippen LogP contribution is 2.40. The third-order valence-electron chi connectivity index (χ3n) is 2.29. The summed E-state index contributed by atoms with van der Waals surface area (Å²) in [5.41, 5.74) is -0.620. The van der Waals surface area contributed by atoms with Crippen molar-refractivity contribution in [2.24, 2.45) is 0 Å². The summed E-state index contributed by atoms with van der Waals surface area (Å²) in [6.07, 6.45) is -4.35. The van der Waals surface area contributed by atoms with Crippen molar-refractivity contribution in [3.8, 4) is 0 Å². The number of benzene rings is 2. The van der Waals surface area contributed by atoms with Crippen LogP contribution in [0.15, 0.2) is 56.7 Å². The number of hydrogen-bond donors (Lipinski definition) is 0. The van der Waals surface area contributed by atoms with Crippen LogP contribution in [0.25, 0.3) is 0 Å². The van der Waals surface area contributed by atoms with Crippen LogP contribution in [0.4, 0.5) is 13.2 Å². The highest BCUT2D eigenvalue weighted by Gasteiger charge is 2.33. The number of rotatable bonds is 2. The van der Waals surface area contributed by atoms with Gasteiger partial charge < -0.3 is 0 Å². The van der Waals surface area contributed by atoms with Crippen molar-refractivity contribution in [2.75, 3.05) is 0 Å². The first-order valence-electron chi connectivity index (χ1n) is 5.16. The third kappa shape index (κ3) is 4.13.